The molecule has 1 aliphatic heterocycles. The minimum absolute atomic E-state index is 0.00214. The summed E-state index contributed by atoms with van der Waals surface area (Å²) in [5.41, 5.74) is 0.756. The molecule has 2 heterocycles. The quantitative estimate of drug-likeness (QED) is 0.848. The van der Waals surface area contributed by atoms with E-state index < -0.39 is 0 Å². The van der Waals surface area contributed by atoms with Gasteiger partial charge in [0.15, 0.2) is 17.3 Å². The van der Waals surface area contributed by atoms with Gasteiger partial charge in [0.2, 0.25) is 6.79 Å². The Labute approximate surface area is 145 Å². The number of nitrogens with zero attached hydrogens (tertiary/aromatic N) is 3. The minimum atomic E-state index is -0.00850. The van der Waals surface area contributed by atoms with Crippen molar-refractivity contribution in [3.05, 3.63) is 18.2 Å². The lowest BCUT2D eigenvalue weighted by atomic mass is 9.88. The van der Waals surface area contributed by atoms with Crippen LogP contribution in [0.4, 0.5) is 0 Å². The van der Waals surface area contributed by atoms with Gasteiger partial charge in [-0.3, -0.25) is 4.79 Å². The Hall–Kier alpha value is -2.57. The average molecular weight is 343 g/mol. The summed E-state index contributed by atoms with van der Waals surface area (Å²) in [6.07, 6.45) is 5.18. The number of ether oxygens (including phenoxy) is 3. The van der Waals surface area contributed by atoms with Crippen LogP contribution < -0.4 is 14.2 Å². The monoisotopic (exact) mass is 343 g/mol. The second-order valence-electron chi connectivity index (χ2n) is 6.30. The maximum absolute atomic E-state index is 13.0. The molecule has 4 rings (SSSR count). The van der Waals surface area contributed by atoms with Crippen LogP contribution in [0.2, 0.25) is 0 Å². The van der Waals surface area contributed by atoms with Gasteiger partial charge in [-0.2, -0.15) is 9.67 Å². The van der Waals surface area contributed by atoms with Crippen molar-refractivity contribution < 1.29 is 19.0 Å². The van der Waals surface area contributed by atoms with E-state index in [0.29, 0.717) is 23.9 Å². The lowest BCUT2D eigenvalue weighted by Gasteiger charge is -2.20. The highest BCUT2D eigenvalue weighted by molar-refractivity contribution is 5.84. The molecule has 0 radical (unpaired) electrons. The van der Waals surface area contributed by atoms with Crippen LogP contribution in [0.25, 0.3) is 11.4 Å². The molecule has 2 aromatic rings. The highest BCUT2D eigenvalue weighted by atomic mass is 16.7. The highest BCUT2D eigenvalue weighted by Crippen LogP contribution is 2.36. The van der Waals surface area contributed by atoms with Crippen molar-refractivity contribution >= 4 is 5.91 Å². The van der Waals surface area contributed by atoms with E-state index in [9.17, 15) is 4.79 Å². The van der Waals surface area contributed by atoms with Crippen LogP contribution in [0.1, 0.15) is 43.8 Å². The first-order valence-electron chi connectivity index (χ1n) is 8.80. The normalized spacial score (nSPS) is 16.8. The first-order valence-corrected chi connectivity index (χ1v) is 8.80. The third-order valence-corrected chi connectivity index (χ3v) is 4.66. The molecule has 1 aromatic heterocycles. The Morgan fingerprint density at radius 1 is 1.24 bits per heavy atom. The summed E-state index contributed by atoms with van der Waals surface area (Å²) in [6, 6.07) is 5.73. The van der Waals surface area contributed by atoms with Crippen LogP contribution in [-0.4, -0.2) is 34.1 Å². The maximum atomic E-state index is 13.0. The number of hydrogen-bond acceptors (Lipinski definition) is 6. The summed E-state index contributed by atoms with van der Waals surface area (Å²) < 4.78 is 17.6. The molecule has 25 heavy (non-hydrogen) atoms. The van der Waals surface area contributed by atoms with Gasteiger partial charge in [0, 0.05) is 11.5 Å². The molecule has 1 saturated carbocycles. The first kappa shape index (κ1) is 15.9. The molecule has 0 bridgehead atoms. The van der Waals surface area contributed by atoms with E-state index >= 15 is 0 Å². The molecular formula is C18H21N3O4. The summed E-state index contributed by atoms with van der Waals surface area (Å²) in [7, 11) is 0. The van der Waals surface area contributed by atoms with Gasteiger partial charge in [-0.1, -0.05) is 19.3 Å². The number of carbonyl (C=O) groups excluding carboxylic acids is 1. The van der Waals surface area contributed by atoms with Crippen LogP contribution in [0.3, 0.4) is 0 Å². The molecule has 7 nitrogen and oxygen atoms in total. The van der Waals surface area contributed by atoms with E-state index in [1.807, 2.05) is 25.1 Å². The van der Waals surface area contributed by atoms with Gasteiger partial charge < -0.3 is 14.2 Å². The topological polar surface area (TPSA) is 75.5 Å². The predicted octanol–water partition coefficient (Wildman–Crippen LogP) is 3.29. The number of benzene rings is 1. The molecule has 132 valence electrons. The Balaban J connectivity index is 1.71. The van der Waals surface area contributed by atoms with E-state index in [0.717, 1.165) is 31.2 Å². The number of carbonyl (C=O) groups is 1. The Morgan fingerprint density at radius 2 is 2.04 bits per heavy atom. The molecule has 0 atom stereocenters. The van der Waals surface area contributed by atoms with E-state index in [1.165, 1.54) is 11.1 Å². The average Bonchev–Trinajstić information content (AvgIpc) is 3.28. The molecule has 1 aliphatic carbocycles. The first-order chi connectivity index (χ1) is 12.3. The summed E-state index contributed by atoms with van der Waals surface area (Å²) >= 11 is 0. The molecule has 0 N–H and O–H groups in total. The largest absolute Gasteiger partial charge is 0.463 e. The molecule has 0 saturated heterocycles. The predicted molar refractivity (Wildman–Crippen MR) is 90.0 cm³/mol. The highest BCUT2D eigenvalue weighted by Gasteiger charge is 2.28. The third-order valence-electron chi connectivity index (χ3n) is 4.66. The zero-order valence-corrected chi connectivity index (χ0v) is 14.2. The van der Waals surface area contributed by atoms with Gasteiger partial charge in [0.05, 0.1) is 6.61 Å². The van der Waals surface area contributed by atoms with Crippen molar-refractivity contribution in [1.82, 2.24) is 14.8 Å². The van der Waals surface area contributed by atoms with Crippen LogP contribution in [-0.2, 0) is 0 Å². The fourth-order valence-electron chi connectivity index (χ4n) is 3.38. The van der Waals surface area contributed by atoms with Crippen molar-refractivity contribution in [1.29, 1.82) is 0 Å². The van der Waals surface area contributed by atoms with Crippen molar-refractivity contribution in [2.75, 3.05) is 13.4 Å². The van der Waals surface area contributed by atoms with Gasteiger partial charge >= 0.3 is 6.01 Å². The molecule has 7 heteroatoms. The lowest BCUT2D eigenvalue weighted by Crippen LogP contribution is -2.25. The van der Waals surface area contributed by atoms with Crippen molar-refractivity contribution in [2.24, 2.45) is 5.92 Å². The Kier molecular flexibility index (Phi) is 4.29. The summed E-state index contributed by atoms with van der Waals surface area (Å²) in [5, 5.41) is 4.31. The van der Waals surface area contributed by atoms with Crippen LogP contribution in [0, 0.1) is 5.92 Å². The molecule has 2 aliphatic rings. The summed E-state index contributed by atoms with van der Waals surface area (Å²) in [6.45, 7) is 2.52. The van der Waals surface area contributed by atoms with Crippen molar-refractivity contribution in [3.8, 4) is 28.9 Å². The van der Waals surface area contributed by atoms with E-state index in [1.54, 1.807) is 0 Å². The van der Waals surface area contributed by atoms with Gasteiger partial charge in [-0.05, 0) is 38.0 Å². The molecule has 1 fully saturated rings. The third kappa shape index (κ3) is 3.06. The molecule has 1 aromatic carbocycles. The summed E-state index contributed by atoms with van der Waals surface area (Å²) in [5.74, 6) is 1.81. The zero-order chi connectivity index (χ0) is 17.2. The zero-order valence-electron chi connectivity index (χ0n) is 14.2. The van der Waals surface area contributed by atoms with E-state index in [4.69, 9.17) is 14.2 Å². The minimum Gasteiger partial charge on any atom is -0.463 e. The maximum Gasteiger partial charge on any atom is 0.336 e. The number of hydrogen-bond donors (Lipinski definition) is 0. The SMILES string of the molecule is CCOc1nc(-c2ccc3c(c2)OCO3)n(C(=O)C2CCCCC2)n1. The number of fused-ring (bicyclic) bond motifs is 1. The van der Waals surface area contributed by atoms with Gasteiger partial charge in [0.1, 0.15) is 0 Å². The molecule has 0 amide bonds. The second kappa shape index (κ2) is 6.74. The fraction of sp³-hybridized carbons (Fsp3) is 0.500. The van der Waals surface area contributed by atoms with E-state index in [-0.39, 0.29) is 24.6 Å². The smallest absolute Gasteiger partial charge is 0.336 e. The Morgan fingerprint density at radius 3 is 2.84 bits per heavy atom. The molecular weight excluding hydrogens is 322 g/mol. The lowest BCUT2D eigenvalue weighted by molar-refractivity contribution is 0.0784. The fourth-order valence-corrected chi connectivity index (χ4v) is 3.38. The second-order valence-corrected chi connectivity index (χ2v) is 6.30. The van der Waals surface area contributed by atoms with Crippen LogP contribution >= 0.6 is 0 Å². The van der Waals surface area contributed by atoms with Crippen LogP contribution in [0.5, 0.6) is 17.5 Å². The van der Waals surface area contributed by atoms with Crippen molar-refractivity contribution in [3.63, 3.8) is 0 Å². The van der Waals surface area contributed by atoms with Gasteiger partial charge in [-0.15, -0.1) is 5.10 Å². The number of rotatable bonds is 4. The molecule has 0 spiro atoms. The standard InChI is InChI=1S/C18H21N3O4/c1-2-23-18-19-16(13-8-9-14-15(10-13)25-11-24-14)21(20-18)17(22)12-6-4-3-5-7-12/h8-10,12H,2-7,11H2,1H3. The number of aromatic nitrogens is 3. The molecule has 0 unspecified atom stereocenters. The van der Waals surface area contributed by atoms with Gasteiger partial charge in [-0.25, -0.2) is 0 Å². The Bertz CT molecular complexity index is 781. The van der Waals surface area contributed by atoms with E-state index in [2.05, 4.69) is 10.1 Å². The summed E-state index contributed by atoms with van der Waals surface area (Å²) in [4.78, 5) is 17.4. The van der Waals surface area contributed by atoms with Crippen molar-refractivity contribution in [2.45, 2.75) is 39.0 Å². The van der Waals surface area contributed by atoms with Crippen LogP contribution in [0.15, 0.2) is 18.2 Å². The van der Waals surface area contributed by atoms with Gasteiger partial charge in [0.25, 0.3) is 5.91 Å².